The van der Waals surface area contributed by atoms with E-state index in [1.54, 1.807) is 24.1 Å². The lowest BCUT2D eigenvalue weighted by atomic mass is 10.1. The SMILES string of the molecule is CN(Cc1ccc2c(c1)OCCO2)C(=O)CSc1nnc(-c2ccc(F)cc2)c2ccccc12. The predicted molar refractivity (Wildman–Crippen MR) is 130 cm³/mol. The van der Waals surface area contributed by atoms with E-state index in [0.29, 0.717) is 36.2 Å². The molecule has 2 heterocycles. The van der Waals surface area contributed by atoms with Crippen molar-refractivity contribution >= 4 is 28.4 Å². The molecule has 0 fully saturated rings. The number of hydrogen-bond donors (Lipinski definition) is 0. The van der Waals surface area contributed by atoms with Gasteiger partial charge in [0.25, 0.3) is 0 Å². The van der Waals surface area contributed by atoms with E-state index < -0.39 is 0 Å². The van der Waals surface area contributed by atoms with Gasteiger partial charge in [0, 0.05) is 29.9 Å². The standard InChI is InChI=1S/C26H22FN3O3S/c1-30(15-17-6-11-22-23(14-17)33-13-12-32-22)24(31)16-34-26-21-5-3-2-4-20(21)25(28-29-26)18-7-9-19(27)10-8-18/h2-11,14H,12-13,15-16H2,1H3. The Hall–Kier alpha value is -3.65. The molecular weight excluding hydrogens is 453 g/mol. The Labute approximate surface area is 200 Å². The number of halogens is 1. The van der Waals surface area contributed by atoms with Crippen molar-refractivity contribution in [1.82, 2.24) is 15.1 Å². The number of hydrogen-bond acceptors (Lipinski definition) is 6. The number of thioether (sulfide) groups is 1. The Kier molecular flexibility index (Phi) is 6.31. The summed E-state index contributed by atoms with van der Waals surface area (Å²) in [6.45, 7) is 1.53. The number of carbonyl (C=O) groups excluding carboxylic acids is 1. The summed E-state index contributed by atoms with van der Waals surface area (Å²) in [6.07, 6.45) is 0. The van der Waals surface area contributed by atoms with Gasteiger partial charge in [-0.05, 0) is 42.0 Å². The second-order valence-electron chi connectivity index (χ2n) is 7.92. The zero-order valence-electron chi connectivity index (χ0n) is 18.5. The van der Waals surface area contributed by atoms with Crippen molar-refractivity contribution in [3.05, 3.63) is 78.1 Å². The van der Waals surface area contributed by atoms with Crippen LogP contribution in [0.1, 0.15) is 5.56 Å². The van der Waals surface area contributed by atoms with E-state index in [2.05, 4.69) is 10.2 Å². The summed E-state index contributed by atoms with van der Waals surface area (Å²) in [4.78, 5) is 14.5. The normalized spacial score (nSPS) is 12.5. The molecule has 8 heteroatoms. The maximum absolute atomic E-state index is 13.3. The van der Waals surface area contributed by atoms with Crippen LogP contribution in [0.3, 0.4) is 0 Å². The van der Waals surface area contributed by atoms with E-state index in [0.717, 1.165) is 27.6 Å². The molecule has 6 nitrogen and oxygen atoms in total. The molecule has 34 heavy (non-hydrogen) atoms. The Bertz CT molecular complexity index is 1350. The van der Waals surface area contributed by atoms with Gasteiger partial charge in [-0.3, -0.25) is 4.79 Å². The summed E-state index contributed by atoms with van der Waals surface area (Å²) in [5.41, 5.74) is 2.44. The highest BCUT2D eigenvalue weighted by Crippen LogP contribution is 2.33. The summed E-state index contributed by atoms with van der Waals surface area (Å²) in [5.74, 6) is 1.35. The first kappa shape index (κ1) is 22.2. The van der Waals surface area contributed by atoms with Crippen molar-refractivity contribution in [3.8, 4) is 22.8 Å². The van der Waals surface area contributed by atoms with Crippen molar-refractivity contribution < 1.29 is 18.7 Å². The molecule has 5 rings (SSSR count). The summed E-state index contributed by atoms with van der Waals surface area (Å²) in [5, 5.41) is 11.3. The maximum atomic E-state index is 13.3. The van der Waals surface area contributed by atoms with Gasteiger partial charge in [0.15, 0.2) is 11.5 Å². The van der Waals surface area contributed by atoms with Crippen LogP contribution in [0.5, 0.6) is 11.5 Å². The first-order chi connectivity index (χ1) is 16.6. The molecule has 0 atom stereocenters. The average Bonchev–Trinajstić information content (AvgIpc) is 2.87. The molecule has 1 aliphatic heterocycles. The van der Waals surface area contributed by atoms with Crippen molar-refractivity contribution in [2.24, 2.45) is 0 Å². The van der Waals surface area contributed by atoms with Gasteiger partial charge in [0.1, 0.15) is 29.8 Å². The van der Waals surface area contributed by atoms with Crippen LogP contribution in [0.4, 0.5) is 4.39 Å². The van der Waals surface area contributed by atoms with Crippen LogP contribution in [-0.4, -0.2) is 47.0 Å². The minimum atomic E-state index is -0.299. The third-order valence-corrected chi connectivity index (χ3v) is 6.52. The second-order valence-corrected chi connectivity index (χ2v) is 8.89. The van der Waals surface area contributed by atoms with Crippen molar-refractivity contribution in [3.63, 3.8) is 0 Å². The summed E-state index contributed by atoms with van der Waals surface area (Å²) in [6, 6.07) is 19.7. The highest BCUT2D eigenvalue weighted by molar-refractivity contribution is 8.00. The largest absolute Gasteiger partial charge is 0.486 e. The smallest absolute Gasteiger partial charge is 0.233 e. The number of ether oxygens (including phenoxy) is 2. The van der Waals surface area contributed by atoms with Crippen molar-refractivity contribution in [1.29, 1.82) is 0 Å². The Morgan fingerprint density at radius 2 is 1.71 bits per heavy atom. The molecule has 3 aromatic carbocycles. The second kappa shape index (κ2) is 9.69. The Morgan fingerprint density at radius 3 is 2.50 bits per heavy atom. The molecular formula is C26H22FN3O3S. The van der Waals surface area contributed by atoms with E-state index in [1.807, 2.05) is 42.5 Å². The molecule has 4 aromatic rings. The maximum Gasteiger partial charge on any atom is 0.233 e. The Morgan fingerprint density at radius 1 is 0.971 bits per heavy atom. The quantitative estimate of drug-likeness (QED) is 0.368. The molecule has 1 aromatic heterocycles. The van der Waals surface area contributed by atoms with Gasteiger partial charge in [0.05, 0.1) is 5.75 Å². The zero-order chi connectivity index (χ0) is 23.5. The van der Waals surface area contributed by atoms with E-state index >= 15 is 0 Å². The van der Waals surface area contributed by atoms with Gasteiger partial charge < -0.3 is 14.4 Å². The van der Waals surface area contributed by atoms with E-state index in [4.69, 9.17) is 9.47 Å². The molecule has 0 N–H and O–H groups in total. The number of carbonyl (C=O) groups is 1. The molecule has 1 amide bonds. The fourth-order valence-corrected chi connectivity index (χ4v) is 4.71. The van der Waals surface area contributed by atoms with Gasteiger partial charge in [-0.25, -0.2) is 4.39 Å². The highest BCUT2D eigenvalue weighted by atomic mass is 32.2. The van der Waals surface area contributed by atoms with Crippen LogP contribution < -0.4 is 9.47 Å². The van der Waals surface area contributed by atoms with E-state index in [9.17, 15) is 9.18 Å². The zero-order valence-corrected chi connectivity index (χ0v) is 19.3. The molecule has 0 unspecified atom stereocenters. The summed E-state index contributed by atoms with van der Waals surface area (Å²) < 4.78 is 24.5. The average molecular weight is 476 g/mol. The topological polar surface area (TPSA) is 64.6 Å². The van der Waals surface area contributed by atoms with Crippen LogP contribution >= 0.6 is 11.8 Å². The molecule has 1 aliphatic rings. The highest BCUT2D eigenvalue weighted by Gasteiger charge is 2.17. The van der Waals surface area contributed by atoms with Crippen LogP contribution in [0.25, 0.3) is 22.0 Å². The van der Waals surface area contributed by atoms with Gasteiger partial charge in [-0.1, -0.05) is 42.1 Å². The number of nitrogens with zero attached hydrogens (tertiary/aromatic N) is 3. The molecule has 0 spiro atoms. The number of rotatable bonds is 6. The number of benzene rings is 3. The van der Waals surface area contributed by atoms with Crippen LogP contribution in [0, 0.1) is 5.82 Å². The lowest BCUT2D eigenvalue weighted by Crippen LogP contribution is -2.28. The van der Waals surface area contributed by atoms with Crippen molar-refractivity contribution in [2.45, 2.75) is 11.6 Å². The molecule has 0 saturated carbocycles. The van der Waals surface area contributed by atoms with E-state index in [1.165, 1.54) is 23.9 Å². The first-order valence-corrected chi connectivity index (χ1v) is 11.8. The summed E-state index contributed by atoms with van der Waals surface area (Å²) in [7, 11) is 1.78. The van der Waals surface area contributed by atoms with Gasteiger partial charge in [0.2, 0.25) is 5.91 Å². The van der Waals surface area contributed by atoms with Gasteiger partial charge >= 0.3 is 0 Å². The first-order valence-electron chi connectivity index (χ1n) is 10.8. The molecule has 0 aliphatic carbocycles. The fraction of sp³-hybridized carbons (Fsp3) is 0.192. The molecule has 0 bridgehead atoms. The minimum Gasteiger partial charge on any atom is -0.486 e. The van der Waals surface area contributed by atoms with Crippen LogP contribution in [-0.2, 0) is 11.3 Å². The molecule has 0 saturated heterocycles. The Balaban J connectivity index is 1.29. The predicted octanol–water partition coefficient (Wildman–Crippen LogP) is 4.96. The minimum absolute atomic E-state index is 0.0200. The third-order valence-electron chi connectivity index (χ3n) is 5.56. The monoisotopic (exact) mass is 475 g/mol. The fourth-order valence-electron chi connectivity index (χ4n) is 3.80. The summed E-state index contributed by atoms with van der Waals surface area (Å²) >= 11 is 1.36. The number of amides is 1. The molecule has 172 valence electrons. The number of aromatic nitrogens is 2. The lowest BCUT2D eigenvalue weighted by molar-refractivity contribution is -0.127. The van der Waals surface area contributed by atoms with Crippen molar-refractivity contribution in [2.75, 3.05) is 26.0 Å². The van der Waals surface area contributed by atoms with Crippen LogP contribution in [0.2, 0.25) is 0 Å². The van der Waals surface area contributed by atoms with Gasteiger partial charge in [-0.2, -0.15) is 0 Å². The lowest BCUT2D eigenvalue weighted by Gasteiger charge is -2.21. The third kappa shape index (κ3) is 4.68. The molecule has 0 radical (unpaired) electrons. The number of fused-ring (bicyclic) bond motifs is 2. The van der Waals surface area contributed by atoms with Gasteiger partial charge in [-0.15, -0.1) is 10.2 Å². The van der Waals surface area contributed by atoms with Crippen LogP contribution in [0.15, 0.2) is 71.8 Å². The van der Waals surface area contributed by atoms with E-state index in [-0.39, 0.29) is 17.5 Å².